The average Bonchev–Trinajstić information content (AvgIpc) is 2.84. The summed E-state index contributed by atoms with van der Waals surface area (Å²) in [6.45, 7) is 6.69. The maximum absolute atomic E-state index is 12.5. The Bertz CT molecular complexity index is 592. The van der Waals surface area contributed by atoms with E-state index in [1.54, 1.807) is 6.20 Å². The molecular formula is C15H18F3N3. The first-order valence-corrected chi connectivity index (χ1v) is 6.62. The number of rotatable bonds is 3. The van der Waals surface area contributed by atoms with Crippen LogP contribution in [-0.2, 0) is 18.1 Å². The van der Waals surface area contributed by atoms with E-state index in [0.717, 1.165) is 23.4 Å². The van der Waals surface area contributed by atoms with Crippen LogP contribution in [0.25, 0.3) is 0 Å². The largest absolute Gasteiger partial charge is 0.416 e. The first kappa shape index (κ1) is 15.4. The van der Waals surface area contributed by atoms with Gasteiger partial charge in [0, 0.05) is 29.4 Å². The number of aromatic amines is 1. The van der Waals surface area contributed by atoms with Crippen molar-refractivity contribution in [2.75, 3.05) is 5.32 Å². The van der Waals surface area contributed by atoms with Crippen LogP contribution in [0.3, 0.4) is 0 Å². The molecule has 0 spiro atoms. The quantitative estimate of drug-likeness (QED) is 0.885. The van der Waals surface area contributed by atoms with Gasteiger partial charge in [0.15, 0.2) is 0 Å². The van der Waals surface area contributed by atoms with Crippen molar-refractivity contribution in [1.29, 1.82) is 0 Å². The molecule has 3 nitrogen and oxygen atoms in total. The molecule has 2 rings (SSSR count). The molecule has 1 heterocycles. The maximum Gasteiger partial charge on any atom is 0.416 e. The number of aromatic nitrogens is 2. The maximum atomic E-state index is 12.5. The van der Waals surface area contributed by atoms with Crippen molar-refractivity contribution in [3.8, 4) is 0 Å². The van der Waals surface area contributed by atoms with E-state index < -0.39 is 11.7 Å². The summed E-state index contributed by atoms with van der Waals surface area (Å²) in [5.41, 5.74) is 1.86. The molecular weight excluding hydrogens is 279 g/mol. The molecule has 0 aliphatic heterocycles. The molecule has 0 fully saturated rings. The number of hydrogen-bond donors (Lipinski definition) is 2. The summed E-state index contributed by atoms with van der Waals surface area (Å²) in [4.78, 5) is 0. The molecule has 0 bridgehead atoms. The lowest BCUT2D eigenvalue weighted by atomic mass is 9.89. The lowest BCUT2D eigenvalue weighted by Crippen LogP contribution is -2.15. The first-order chi connectivity index (χ1) is 9.68. The van der Waals surface area contributed by atoms with Crippen LogP contribution in [0.2, 0.25) is 0 Å². The fourth-order valence-electron chi connectivity index (χ4n) is 2.07. The highest BCUT2D eigenvalue weighted by atomic mass is 19.4. The van der Waals surface area contributed by atoms with Crippen LogP contribution in [0, 0.1) is 0 Å². The number of nitrogens with one attached hydrogen (secondary N) is 2. The minimum atomic E-state index is -4.30. The number of alkyl halides is 3. The topological polar surface area (TPSA) is 40.7 Å². The van der Waals surface area contributed by atoms with Crippen LogP contribution in [0.1, 0.15) is 37.6 Å². The molecule has 2 aromatic rings. The van der Waals surface area contributed by atoms with Gasteiger partial charge in [0.25, 0.3) is 0 Å². The first-order valence-electron chi connectivity index (χ1n) is 6.62. The van der Waals surface area contributed by atoms with Crippen molar-refractivity contribution < 1.29 is 13.2 Å². The summed E-state index contributed by atoms with van der Waals surface area (Å²) in [6.07, 6.45) is -2.50. The van der Waals surface area contributed by atoms with Crippen LogP contribution in [0.15, 0.2) is 30.5 Å². The summed E-state index contributed by atoms with van der Waals surface area (Å²) < 4.78 is 37.4. The molecule has 1 aromatic heterocycles. The Kier molecular flexibility index (Phi) is 3.98. The molecule has 0 aliphatic rings. The van der Waals surface area contributed by atoms with Gasteiger partial charge in [-0.05, 0) is 24.3 Å². The molecule has 6 heteroatoms. The summed E-state index contributed by atoms with van der Waals surface area (Å²) in [6, 6.07) is 5.00. The van der Waals surface area contributed by atoms with Gasteiger partial charge in [0.1, 0.15) is 0 Å². The minimum absolute atomic E-state index is 0.0862. The van der Waals surface area contributed by atoms with Crippen LogP contribution in [0.4, 0.5) is 18.9 Å². The number of benzene rings is 1. The van der Waals surface area contributed by atoms with Gasteiger partial charge in [-0.1, -0.05) is 20.8 Å². The lowest BCUT2D eigenvalue weighted by molar-refractivity contribution is -0.137. The SMILES string of the molecule is CC(C)(C)c1n[nH]cc1CNc1ccc(C(F)(F)F)cc1. The second kappa shape index (κ2) is 5.42. The van der Waals surface area contributed by atoms with Gasteiger partial charge in [-0.15, -0.1) is 0 Å². The van der Waals surface area contributed by atoms with Crippen LogP contribution < -0.4 is 5.32 Å². The number of halogens is 3. The van der Waals surface area contributed by atoms with Crippen LogP contribution >= 0.6 is 0 Å². The minimum Gasteiger partial charge on any atom is -0.381 e. The predicted octanol–water partition coefficient (Wildman–Crippen LogP) is 4.34. The van der Waals surface area contributed by atoms with Gasteiger partial charge in [-0.2, -0.15) is 18.3 Å². The molecule has 0 saturated heterocycles. The molecule has 1 aromatic carbocycles. The van der Waals surface area contributed by atoms with Crippen LogP contribution in [-0.4, -0.2) is 10.2 Å². The molecule has 0 aliphatic carbocycles. The van der Waals surface area contributed by atoms with Gasteiger partial charge < -0.3 is 5.32 Å². The average molecular weight is 297 g/mol. The van der Waals surface area contributed by atoms with Crippen molar-refractivity contribution in [3.63, 3.8) is 0 Å². The lowest BCUT2D eigenvalue weighted by Gasteiger charge is -2.18. The molecule has 21 heavy (non-hydrogen) atoms. The Morgan fingerprint density at radius 3 is 2.24 bits per heavy atom. The third-order valence-electron chi connectivity index (χ3n) is 3.12. The normalized spacial score (nSPS) is 12.5. The summed E-state index contributed by atoms with van der Waals surface area (Å²) in [7, 11) is 0. The van der Waals surface area contributed by atoms with E-state index in [0.29, 0.717) is 12.2 Å². The summed E-state index contributed by atoms with van der Waals surface area (Å²) in [5, 5.41) is 10.2. The zero-order valence-corrected chi connectivity index (χ0v) is 12.2. The summed E-state index contributed by atoms with van der Waals surface area (Å²) in [5.74, 6) is 0. The molecule has 0 amide bonds. The predicted molar refractivity (Wildman–Crippen MR) is 76.1 cm³/mol. The van der Waals surface area contributed by atoms with E-state index in [1.165, 1.54) is 12.1 Å². The van der Waals surface area contributed by atoms with Crippen molar-refractivity contribution in [3.05, 3.63) is 47.3 Å². The second-order valence-corrected chi connectivity index (χ2v) is 5.94. The van der Waals surface area contributed by atoms with Gasteiger partial charge in [-0.25, -0.2) is 0 Å². The van der Waals surface area contributed by atoms with E-state index >= 15 is 0 Å². The van der Waals surface area contributed by atoms with E-state index in [2.05, 4.69) is 36.3 Å². The van der Waals surface area contributed by atoms with Gasteiger partial charge in [0.05, 0.1) is 11.3 Å². The number of H-pyrrole nitrogens is 1. The highest BCUT2D eigenvalue weighted by Gasteiger charge is 2.29. The molecule has 2 N–H and O–H groups in total. The summed E-state index contributed by atoms with van der Waals surface area (Å²) >= 11 is 0. The third kappa shape index (κ3) is 3.77. The van der Waals surface area contributed by atoms with Crippen LogP contribution in [0.5, 0.6) is 0 Å². The Morgan fingerprint density at radius 2 is 1.71 bits per heavy atom. The zero-order chi connectivity index (χ0) is 15.7. The number of anilines is 1. The highest BCUT2D eigenvalue weighted by Crippen LogP contribution is 2.30. The molecule has 0 radical (unpaired) electrons. The molecule has 114 valence electrons. The molecule has 0 atom stereocenters. The Hall–Kier alpha value is -1.98. The van der Waals surface area contributed by atoms with Crippen molar-refractivity contribution in [1.82, 2.24) is 10.2 Å². The van der Waals surface area contributed by atoms with E-state index in [4.69, 9.17) is 0 Å². The van der Waals surface area contributed by atoms with Crippen molar-refractivity contribution >= 4 is 5.69 Å². The smallest absolute Gasteiger partial charge is 0.381 e. The van der Waals surface area contributed by atoms with Gasteiger partial charge in [0.2, 0.25) is 0 Å². The van der Waals surface area contributed by atoms with Gasteiger partial charge >= 0.3 is 6.18 Å². The third-order valence-corrected chi connectivity index (χ3v) is 3.12. The molecule has 0 unspecified atom stereocenters. The van der Waals surface area contributed by atoms with E-state index in [1.807, 2.05) is 0 Å². The fraction of sp³-hybridized carbons (Fsp3) is 0.400. The second-order valence-electron chi connectivity index (χ2n) is 5.94. The number of nitrogens with zero attached hydrogens (tertiary/aromatic N) is 1. The Balaban J connectivity index is 2.06. The van der Waals surface area contributed by atoms with Gasteiger partial charge in [-0.3, -0.25) is 5.10 Å². The zero-order valence-electron chi connectivity index (χ0n) is 12.2. The molecule has 0 saturated carbocycles. The standard InChI is InChI=1S/C15H18F3N3/c1-14(2,3)13-10(9-20-21-13)8-19-12-6-4-11(5-7-12)15(16,17)18/h4-7,9,19H,8H2,1-3H3,(H,20,21). The monoisotopic (exact) mass is 297 g/mol. The Morgan fingerprint density at radius 1 is 1.10 bits per heavy atom. The highest BCUT2D eigenvalue weighted by molar-refractivity contribution is 5.46. The van der Waals surface area contributed by atoms with Crippen molar-refractivity contribution in [2.24, 2.45) is 0 Å². The Labute approximate surface area is 121 Å². The number of hydrogen-bond acceptors (Lipinski definition) is 2. The van der Waals surface area contributed by atoms with Crippen molar-refractivity contribution in [2.45, 2.75) is 38.9 Å². The van der Waals surface area contributed by atoms with E-state index in [9.17, 15) is 13.2 Å². The fourth-order valence-corrected chi connectivity index (χ4v) is 2.07. The van der Waals surface area contributed by atoms with E-state index in [-0.39, 0.29) is 5.41 Å².